The largest absolute Gasteiger partial charge is 0.494 e. The number of guanidine groups is 1. The second kappa shape index (κ2) is 12.0. The highest BCUT2D eigenvalue weighted by atomic mass is 35.5. The topological polar surface area (TPSA) is 94.5 Å². The van der Waals surface area contributed by atoms with Crippen molar-refractivity contribution in [3.63, 3.8) is 0 Å². The summed E-state index contributed by atoms with van der Waals surface area (Å²) in [6.45, 7) is 2.36. The first-order valence-corrected chi connectivity index (χ1v) is 12.4. The van der Waals surface area contributed by atoms with Gasteiger partial charge in [-0.1, -0.05) is 42.6 Å². The molecule has 2 heterocycles. The van der Waals surface area contributed by atoms with Crippen LogP contribution in [0.25, 0.3) is 0 Å². The number of nitrogens with one attached hydrogen (secondary N) is 1. The number of hydrogen-bond donors (Lipinski definition) is 2. The Bertz CT molecular complexity index is 1070. The molecule has 1 saturated heterocycles. The Labute approximate surface area is 210 Å². The highest BCUT2D eigenvalue weighted by molar-refractivity contribution is 6.30. The van der Waals surface area contributed by atoms with E-state index in [2.05, 4.69) is 10.3 Å². The van der Waals surface area contributed by atoms with E-state index >= 15 is 0 Å². The van der Waals surface area contributed by atoms with Crippen molar-refractivity contribution in [2.75, 3.05) is 26.3 Å². The van der Waals surface area contributed by atoms with Crippen LogP contribution in [0.3, 0.4) is 0 Å². The fourth-order valence-electron chi connectivity index (χ4n) is 4.21. The van der Waals surface area contributed by atoms with Crippen molar-refractivity contribution in [2.24, 2.45) is 4.99 Å². The predicted octanol–water partition coefficient (Wildman–Crippen LogP) is 3.62. The number of hydrogen-bond acceptors (Lipinski definition) is 6. The molecule has 2 amide bonds. The van der Waals surface area contributed by atoms with Gasteiger partial charge in [0.25, 0.3) is 0 Å². The van der Waals surface area contributed by atoms with Gasteiger partial charge in [0.05, 0.1) is 18.9 Å². The van der Waals surface area contributed by atoms with Gasteiger partial charge in [0.1, 0.15) is 12.3 Å². The van der Waals surface area contributed by atoms with Crippen molar-refractivity contribution in [3.05, 3.63) is 58.6 Å². The quantitative estimate of drug-likeness (QED) is 0.436. The SMILES string of the molecule is O=C1CN2Cc3ccc(OCCCCCCC(=O)N(CCO)Cc4ccc(Cl)cc4)cc3N=C2N1. The number of carbonyl (C=O) groups is 2. The first-order valence-electron chi connectivity index (χ1n) is 12.0. The molecule has 2 N–H and O–H groups in total. The summed E-state index contributed by atoms with van der Waals surface area (Å²) in [5.41, 5.74) is 2.90. The summed E-state index contributed by atoms with van der Waals surface area (Å²) >= 11 is 5.93. The maximum atomic E-state index is 12.6. The molecule has 0 unspecified atom stereocenters. The van der Waals surface area contributed by atoms with Crippen molar-refractivity contribution in [1.82, 2.24) is 15.1 Å². The molecule has 4 rings (SSSR count). The molecular weight excluding hydrogens is 468 g/mol. The highest BCUT2D eigenvalue weighted by Gasteiger charge is 2.29. The minimum absolute atomic E-state index is 0.0302. The molecular formula is C26H31ClN4O4. The normalized spacial score (nSPS) is 14.2. The van der Waals surface area contributed by atoms with Crippen LogP contribution in [0, 0.1) is 0 Å². The van der Waals surface area contributed by atoms with E-state index in [1.807, 2.05) is 35.2 Å². The molecule has 8 nitrogen and oxygen atoms in total. The van der Waals surface area contributed by atoms with Crippen LogP contribution in [0.2, 0.25) is 5.02 Å². The van der Waals surface area contributed by atoms with Crippen molar-refractivity contribution >= 4 is 35.1 Å². The van der Waals surface area contributed by atoms with Gasteiger partial charge in [-0.3, -0.25) is 14.9 Å². The first kappa shape index (κ1) is 25.0. The van der Waals surface area contributed by atoms with Gasteiger partial charge in [0.15, 0.2) is 0 Å². The fourth-order valence-corrected chi connectivity index (χ4v) is 4.34. The lowest BCUT2D eigenvalue weighted by Gasteiger charge is -2.23. The molecule has 9 heteroatoms. The summed E-state index contributed by atoms with van der Waals surface area (Å²) in [7, 11) is 0. The number of amides is 2. The van der Waals surface area contributed by atoms with Gasteiger partial charge < -0.3 is 19.6 Å². The second-order valence-corrected chi connectivity index (χ2v) is 9.24. The third-order valence-electron chi connectivity index (χ3n) is 6.09. The molecule has 0 aromatic heterocycles. The molecule has 0 bridgehead atoms. The van der Waals surface area contributed by atoms with Crippen molar-refractivity contribution in [3.8, 4) is 5.75 Å². The van der Waals surface area contributed by atoms with Gasteiger partial charge in [-0.25, -0.2) is 4.99 Å². The zero-order chi connectivity index (χ0) is 24.6. The minimum Gasteiger partial charge on any atom is -0.494 e. The fraction of sp³-hybridized carbons (Fsp3) is 0.423. The van der Waals surface area contributed by atoms with Crippen LogP contribution in [0.4, 0.5) is 5.69 Å². The number of fused-ring (bicyclic) bond motifs is 2. The van der Waals surface area contributed by atoms with Gasteiger partial charge in [-0.15, -0.1) is 0 Å². The number of rotatable bonds is 12. The van der Waals surface area contributed by atoms with Gasteiger partial charge >= 0.3 is 0 Å². The Kier molecular flexibility index (Phi) is 8.60. The summed E-state index contributed by atoms with van der Waals surface area (Å²) in [6, 6.07) is 13.3. The van der Waals surface area contributed by atoms with Gasteiger partial charge in [0, 0.05) is 37.1 Å². The maximum Gasteiger partial charge on any atom is 0.246 e. The standard InChI is InChI=1S/C26H31ClN4O4/c27-21-9-6-19(7-10-21)16-30(12-13-32)25(34)5-3-1-2-4-14-35-22-11-8-20-17-31-18-24(33)29-26(31)28-23(20)15-22/h6-11,15,32H,1-5,12-14,16-18H2,(H,28,29,33). The number of benzene rings is 2. The number of aliphatic hydroxyl groups is 1. The van der Waals surface area contributed by atoms with Crippen molar-refractivity contribution < 1.29 is 19.4 Å². The van der Waals surface area contributed by atoms with E-state index in [4.69, 9.17) is 16.3 Å². The number of aliphatic hydroxyl groups excluding tert-OH is 1. The average Bonchev–Trinajstić information content (AvgIpc) is 3.21. The summed E-state index contributed by atoms with van der Waals surface area (Å²) in [5.74, 6) is 1.40. The lowest BCUT2D eigenvalue weighted by Crippen LogP contribution is -2.32. The van der Waals surface area contributed by atoms with Crippen LogP contribution >= 0.6 is 11.6 Å². The number of carbonyl (C=O) groups excluding carboxylic acids is 2. The second-order valence-electron chi connectivity index (χ2n) is 8.81. The van der Waals surface area contributed by atoms with Crippen LogP contribution in [0.15, 0.2) is 47.5 Å². The molecule has 0 saturated carbocycles. The van der Waals surface area contributed by atoms with Crippen molar-refractivity contribution in [2.45, 2.75) is 45.2 Å². The van der Waals surface area contributed by atoms with Crippen molar-refractivity contribution in [1.29, 1.82) is 0 Å². The van der Waals surface area contributed by atoms with Gasteiger partial charge in [-0.05, 0) is 42.2 Å². The Morgan fingerprint density at radius 3 is 2.71 bits per heavy atom. The molecule has 2 aromatic rings. The van der Waals surface area contributed by atoms with Crippen LogP contribution < -0.4 is 10.1 Å². The van der Waals surface area contributed by atoms with E-state index in [9.17, 15) is 14.7 Å². The molecule has 2 aliphatic heterocycles. The summed E-state index contributed by atoms with van der Waals surface area (Å²) < 4.78 is 5.89. The summed E-state index contributed by atoms with van der Waals surface area (Å²) in [4.78, 5) is 32.3. The molecule has 186 valence electrons. The number of unbranched alkanes of at least 4 members (excludes halogenated alkanes) is 3. The Morgan fingerprint density at radius 1 is 1.11 bits per heavy atom. The number of halogens is 1. The molecule has 35 heavy (non-hydrogen) atoms. The molecule has 0 aliphatic carbocycles. The van der Waals surface area contributed by atoms with Gasteiger partial charge in [0.2, 0.25) is 17.8 Å². The third-order valence-corrected chi connectivity index (χ3v) is 6.34. The Morgan fingerprint density at radius 2 is 1.91 bits per heavy atom. The smallest absolute Gasteiger partial charge is 0.246 e. The van der Waals surface area contributed by atoms with E-state index in [1.165, 1.54) is 0 Å². The van der Waals surface area contributed by atoms with Crippen LogP contribution in [0.5, 0.6) is 5.75 Å². The number of ether oxygens (including phenoxy) is 1. The zero-order valence-electron chi connectivity index (χ0n) is 19.7. The monoisotopic (exact) mass is 498 g/mol. The summed E-state index contributed by atoms with van der Waals surface area (Å²) in [5, 5.41) is 12.8. The van der Waals surface area contributed by atoms with E-state index in [0.717, 1.165) is 48.2 Å². The van der Waals surface area contributed by atoms with E-state index in [-0.39, 0.29) is 18.4 Å². The van der Waals surface area contributed by atoms with E-state index in [1.54, 1.807) is 17.0 Å². The van der Waals surface area contributed by atoms with Crippen LogP contribution in [-0.4, -0.2) is 59.0 Å². The van der Waals surface area contributed by atoms with Crippen LogP contribution in [-0.2, 0) is 22.7 Å². The Hall–Kier alpha value is -3.10. The molecule has 0 spiro atoms. The lowest BCUT2D eigenvalue weighted by molar-refractivity contribution is -0.132. The zero-order valence-corrected chi connectivity index (χ0v) is 20.5. The summed E-state index contributed by atoms with van der Waals surface area (Å²) in [6.07, 6.45) is 4.08. The molecule has 2 aromatic carbocycles. The number of aliphatic imine (C=N–C) groups is 1. The molecule has 1 fully saturated rings. The van der Waals surface area contributed by atoms with E-state index in [0.29, 0.717) is 50.2 Å². The number of nitrogens with zero attached hydrogens (tertiary/aromatic N) is 3. The Balaban J connectivity index is 1.14. The minimum atomic E-state index is -0.0567. The van der Waals surface area contributed by atoms with E-state index < -0.39 is 0 Å². The highest BCUT2D eigenvalue weighted by Crippen LogP contribution is 2.31. The molecule has 2 aliphatic rings. The first-order chi connectivity index (χ1) is 17.0. The lowest BCUT2D eigenvalue weighted by atomic mass is 10.1. The third kappa shape index (κ3) is 6.96. The average molecular weight is 499 g/mol. The molecule has 0 radical (unpaired) electrons. The molecule has 0 atom stereocenters. The maximum absolute atomic E-state index is 12.6. The van der Waals surface area contributed by atoms with Gasteiger partial charge in [-0.2, -0.15) is 0 Å². The van der Waals surface area contributed by atoms with Crippen LogP contribution in [0.1, 0.15) is 43.2 Å². The predicted molar refractivity (Wildman–Crippen MR) is 135 cm³/mol.